The first kappa shape index (κ1) is 8.73. The van der Waals surface area contributed by atoms with E-state index in [0.717, 1.165) is 0 Å². The van der Waals surface area contributed by atoms with Crippen LogP contribution in [0.15, 0.2) is 18.2 Å². The molecule has 0 spiro atoms. The summed E-state index contributed by atoms with van der Waals surface area (Å²) in [6.45, 7) is 4.80. The van der Waals surface area contributed by atoms with Gasteiger partial charge in [-0.3, -0.25) is 0 Å². The fourth-order valence-electron chi connectivity index (χ4n) is 1.81. The molecule has 2 heteroatoms. The second-order valence-electron chi connectivity index (χ2n) is 3.71. The number of hydrogen-bond acceptors (Lipinski definition) is 2. The number of ether oxygens (including phenoxy) is 1. The van der Waals surface area contributed by atoms with Crippen molar-refractivity contribution in [3.63, 3.8) is 0 Å². The van der Waals surface area contributed by atoms with Gasteiger partial charge < -0.3 is 10.5 Å². The molecule has 2 N–H and O–H groups in total. The fraction of sp³-hybridized carbons (Fsp3) is 0.455. The first-order valence-corrected chi connectivity index (χ1v) is 4.66. The molecule has 0 aromatic heterocycles. The zero-order valence-corrected chi connectivity index (χ0v) is 8.08. The molecule has 13 heavy (non-hydrogen) atoms. The monoisotopic (exact) mass is 177 g/mol. The summed E-state index contributed by atoms with van der Waals surface area (Å²) in [6.07, 6.45) is 0.190. The lowest BCUT2D eigenvalue weighted by Crippen LogP contribution is -2.25. The van der Waals surface area contributed by atoms with Gasteiger partial charge in [-0.25, -0.2) is 0 Å². The lowest BCUT2D eigenvalue weighted by Gasteiger charge is -2.28. The topological polar surface area (TPSA) is 35.2 Å². The first-order chi connectivity index (χ1) is 6.18. The normalized spacial score (nSPS) is 27.0. The summed E-state index contributed by atoms with van der Waals surface area (Å²) in [5, 5.41) is 0. The molecule has 1 aromatic carbocycles. The van der Waals surface area contributed by atoms with Gasteiger partial charge in [0.25, 0.3) is 0 Å². The highest BCUT2D eigenvalue weighted by atomic mass is 16.5. The number of aryl methyl sites for hydroxylation is 1. The third kappa shape index (κ3) is 1.47. The summed E-state index contributed by atoms with van der Waals surface area (Å²) < 4.78 is 5.53. The van der Waals surface area contributed by atoms with Gasteiger partial charge in [-0.05, 0) is 25.0 Å². The molecule has 1 aliphatic rings. The van der Waals surface area contributed by atoms with Gasteiger partial charge in [-0.2, -0.15) is 0 Å². The molecule has 0 bridgehead atoms. The first-order valence-electron chi connectivity index (χ1n) is 4.66. The second kappa shape index (κ2) is 3.13. The van der Waals surface area contributed by atoms with Gasteiger partial charge in [0.1, 0.15) is 0 Å². The lowest BCUT2D eigenvalue weighted by atomic mass is 9.94. The molecular formula is C11H15NO. The van der Waals surface area contributed by atoms with Crippen LogP contribution in [-0.2, 0) is 4.74 Å². The van der Waals surface area contributed by atoms with E-state index in [-0.39, 0.29) is 12.1 Å². The molecule has 2 atom stereocenters. The van der Waals surface area contributed by atoms with Crippen molar-refractivity contribution < 1.29 is 4.74 Å². The molecule has 1 heterocycles. The van der Waals surface area contributed by atoms with Gasteiger partial charge >= 0.3 is 0 Å². The maximum absolute atomic E-state index is 5.95. The Labute approximate surface area is 78.7 Å². The number of hydrogen-bond donors (Lipinski definition) is 1. The van der Waals surface area contributed by atoms with E-state index in [1.165, 1.54) is 16.7 Å². The molecule has 0 fully saturated rings. The Morgan fingerprint density at radius 1 is 1.38 bits per heavy atom. The maximum Gasteiger partial charge on any atom is 0.0801 e. The Morgan fingerprint density at radius 3 is 2.92 bits per heavy atom. The fourth-order valence-corrected chi connectivity index (χ4v) is 1.81. The minimum absolute atomic E-state index is 0.0473. The zero-order chi connectivity index (χ0) is 9.42. The summed E-state index contributed by atoms with van der Waals surface area (Å²) in [5.74, 6) is 0. The average Bonchev–Trinajstić information content (AvgIpc) is 2.12. The van der Waals surface area contributed by atoms with Crippen LogP contribution in [0.5, 0.6) is 0 Å². The van der Waals surface area contributed by atoms with Crippen LogP contribution in [0.25, 0.3) is 0 Å². The van der Waals surface area contributed by atoms with Gasteiger partial charge in [-0.15, -0.1) is 0 Å². The number of fused-ring (bicyclic) bond motifs is 1. The summed E-state index contributed by atoms with van der Waals surface area (Å²) in [7, 11) is 0. The van der Waals surface area contributed by atoms with Crippen molar-refractivity contribution in [1.82, 2.24) is 0 Å². The van der Waals surface area contributed by atoms with Gasteiger partial charge in [0, 0.05) is 0 Å². The van der Waals surface area contributed by atoms with Crippen LogP contribution in [0.3, 0.4) is 0 Å². The number of benzene rings is 1. The highest BCUT2D eigenvalue weighted by Crippen LogP contribution is 2.31. The van der Waals surface area contributed by atoms with Crippen molar-refractivity contribution in [2.24, 2.45) is 5.73 Å². The van der Waals surface area contributed by atoms with E-state index >= 15 is 0 Å². The van der Waals surface area contributed by atoms with E-state index in [1.807, 2.05) is 0 Å². The largest absolute Gasteiger partial charge is 0.372 e. The molecule has 0 unspecified atom stereocenters. The lowest BCUT2D eigenvalue weighted by molar-refractivity contribution is 0.0407. The highest BCUT2D eigenvalue weighted by Gasteiger charge is 2.22. The summed E-state index contributed by atoms with van der Waals surface area (Å²) in [6, 6.07) is 6.44. The van der Waals surface area contributed by atoms with Crippen LogP contribution >= 0.6 is 0 Å². The van der Waals surface area contributed by atoms with E-state index in [0.29, 0.717) is 6.61 Å². The molecule has 2 nitrogen and oxygen atoms in total. The van der Waals surface area contributed by atoms with Crippen molar-refractivity contribution >= 4 is 0 Å². The average molecular weight is 177 g/mol. The Hall–Kier alpha value is -0.860. The third-order valence-corrected chi connectivity index (χ3v) is 2.61. The highest BCUT2D eigenvalue weighted by molar-refractivity contribution is 5.36. The number of rotatable bonds is 0. The van der Waals surface area contributed by atoms with E-state index in [2.05, 4.69) is 32.0 Å². The summed E-state index contributed by atoms with van der Waals surface area (Å²) in [4.78, 5) is 0. The van der Waals surface area contributed by atoms with Gasteiger partial charge in [-0.1, -0.05) is 23.8 Å². The van der Waals surface area contributed by atoms with Crippen LogP contribution in [-0.4, -0.2) is 6.61 Å². The molecule has 1 aromatic rings. The van der Waals surface area contributed by atoms with Crippen LogP contribution < -0.4 is 5.73 Å². The molecule has 70 valence electrons. The van der Waals surface area contributed by atoms with Crippen molar-refractivity contribution in [2.75, 3.05) is 6.61 Å². The molecule has 0 aliphatic carbocycles. The van der Waals surface area contributed by atoms with Crippen LogP contribution in [0.4, 0.5) is 0 Å². The molecule has 1 aliphatic heterocycles. The Balaban J connectivity index is 2.50. The standard InChI is InChI=1S/C11H15NO/c1-7-3-4-9-8(2)13-6-11(12)10(9)5-7/h3-5,8,11H,6,12H2,1-2H3/t8-,11+/m0/s1. The van der Waals surface area contributed by atoms with Crippen molar-refractivity contribution in [3.8, 4) is 0 Å². The Morgan fingerprint density at radius 2 is 2.15 bits per heavy atom. The predicted molar refractivity (Wildman–Crippen MR) is 52.5 cm³/mol. The SMILES string of the molecule is Cc1ccc2c(c1)[C@H](N)CO[C@H]2C. The van der Waals surface area contributed by atoms with Gasteiger partial charge in [0.05, 0.1) is 18.8 Å². The molecule has 2 rings (SSSR count). The van der Waals surface area contributed by atoms with E-state index in [1.54, 1.807) is 0 Å². The second-order valence-corrected chi connectivity index (χ2v) is 3.71. The van der Waals surface area contributed by atoms with E-state index < -0.39 is 0 Å². The minimum Gasteiger partial charge on any atom is -0.372 e. The van der Waals surface area contributed by atoms with Crippen molar-refractivity contribution in [3.05, 3.63) is 34.9 Å². The predicted octanol–water partition coefficient (Wildman–Crippen LogP) is 2.09. The zero-order valence-electron chi connectivity index (χ0n) is 8.08. The number of nitrogens with two attached hydrogens (primary N) is 1. The summed E-state index contributed by atoms with van der Waals surface area (Å²) >= 11 is 0. The molecule has 0 saturated carbocycles. The molecule has 0 saturated heterocycles. The van der Waals surface area contributed by atoms with Crippen molar-refractivity contribution in [2.45, 2.75) is 26.0 Å². The summed E-state index contributed by atoms with van der Waals surface area (Å²) in [5.41, 5.74) is 9.71. The Bertz CT molecular complexity index is 322. The molecular weight excluding hydrogens is 162 g/mol. The van der Waals surface area contributed by atoms with Crippen LogP contribution in [0.1, 0.15) is 35.8 Å². The minimum atomic E-state index is 0.0473. The smallest absolute Gasteiger partial charge is 0.0801 e. The van der Waals surface area contributed by atoms with Crippen molar-refractivity contribution in [1.29, 1.82) is 0 Å². The van der Waals surface area contributed by atoms with Gasteiger partial charge in [0.15, 0.2) is 0 Å². The maximum atomic E-state index is 5.95. The van der Waals surface area contributed by atoms with Gasteiger partial charge in [0.2, 0.25) is 0 Å². The Kier molecular flexibility index (Phi) is 2.10. The van der Waals surface area contributed by atoms with E-state index in [9.17, 15) is 0 Å². The van der Waals surface area contributed by atoms with E-state index in [4.69, 9.17) is 10.5 Å². The quantitative estimate of drug-likeness (QED) is 0.658. The molecule has 0 radical (unpaired) electrons. The third-order valence-electron chi connectivity index (χ3n) is 2.61. The van der Waals surface area contributed by atoms with Crippen LogP contribution in [0, 0.1) is 6.92 Å². The van der Waals surface area contributed by atoms with Crippen LogP contribution in [0.2, 0.25) is 0 Å². The molecule has 0 amide bonds.